The lowest BCUT2D eigenvalue weighted by atomic mass is 10.00. The van der Waals surface area contributed by atoms with Crippen molar-refractivity contribution >= 4 is 47.5 Å². The maximum absolute atomic E-state index is 15.2. The number of carboxylic acids is 1. The molecule has 10 rings (SSSR count). The lowest BCUT2D eigenvalue weighted by molar-refractivity contribution is -0.153. The van der Waals surface area contributed by atoms with Crippen LogP contribution in [0.15, 0.2) is 72.8 Å². The van der Waals surface area contributed by atoms with Crippen molar-refractivity contribution in [3.05, 3.63) is 117 Å². The lowest BCUT2D eigenvalue weighted by Crippen LogP contribution is -2.54. The van der Waals surface area contributed by atoms with Crippen LogP contribution in [0.2, 0.25) is 0 Å². The van der Waals surface area contributed by atoms with Crippen LogP contribution < -0.4 is 10.6 Å². The molecule has 2 heterocycles. The number of nitrogens with one attached hydrogen (secondary N) is 2. The first-order chi connectivity index (χ1) is 38.1. The number of hydrogen-bond donors (Lipinski definition) is 3. The molecule has 1 unspecified atom stereocenters. The number of ketones is 2. The smallest absolute Gasteiger partial charge is 0.407 e. The molecule has 4 aliphatic carbocycles. The number of esters is 1. The van der Waals surface area contributed by atoms with Crippen LogP contribution in [-0.2, 0) is 45.2 Å². The number of rotatable bonds is 13. The summed E-state index contributed by atoms with van der Waals surface area (Å²) in [5, 5.41) is 14.4. The van der Waals surface area contributed by atoms with Crippen LogP contribution in [0.5, 0.6) is 0 Å². The number of nitrogens with zero attached hydrogens (tertiary/aromatic N) is 2. The number of aryl methyl sites for hydroxylation is 2. The molecule has 0 bridgehead atoms. The highest BCUT2D eigenvalue weighted by molar-refractivity contribution is 6.00. The highest BCUT2D eigenvalue weighted by Crippen LogP contribution is 2.57. The third-order valence-corrected chi connectivity index (χ3v) is 16.5. The van der Waals surface area contributed by atoms with E-state index in [0.29, 0.717) is 65.7 Å². The predicted octanol–water partition coefficient (Wildman–Crippen LogP) is 10.1. The Bertz CT molecular complexity index is 3210. The first-order valence-electron chi connectivity index (χ1n) is 27.1. The quantitative estimate of drug-likeness (QED) is 0.0494. The van der Waals surface area contributed by atoms with E-state index in [-0.39, 0.29) is 62.2 Å². The van der Waals surface area contributed by atoms with Crippen molar-refractivity contribution in [1.82, 2.24) is 20.4 Å². The fourth-order valence-electron chi connectivity index (χ4n) is 11.4. The largest absolute Gasteiger partial charge is 0.480 e. The van der Waals surface area contributed by atoms with E-state index < -0.39 is 78.4 Å². The molecule has 4 aromatic carbocycles. The minimum atomic E-state index is -3.25. The summed E-state index contributed by atoms with van der Waals surface area (Å²) in [4.78, 5) is 101. The molecule has 0 radical (unpaired) electrons. The molecule has 6 aliphatic rings. The summed E-state index contributed by atoms with van der Waals surface area (Å²) in [6, 6.07) is 15.3. The first kappa shape index (κ1) is 59.5. The average Bonchev–Trinajstić information content (AvgIpc) is 4.34. The molecule has 81 heavy (non-hydrogen) atoms. The second kappa shape index (κ2) is 22.7. The van der Waals surface area contributed by atoms with Crippen molar-refractivity contribution in [1.29, 1.82) is 0 Å². The average molecular weight is 1130 g/mol. The summed E-state index contributed by atoms with van der Waals surface area (Å²) in [5.74, 6) is -9.92. The number of hydrogen-bond acceptors (Lipinski definition) is 11. The van der Waals surface area contributed by atoms with Gasteiger partial charge < -0.3 is 39.8 Å². The van der Waals surface area contributed by atoms with Crippen molar-refractivity contribution in [2.75, 3.05) is 33.9 Å². The molecule has 3 N–H and O–H groups in total. The van der Waals surface area contributed by atoms with E-state index in [9.17, 15) is 52.2 Å². The Morgan fingerprint density at radius 3 is 1.32 bits per heavy atom. The molecule has 4 amide bonds. The number of carbonyl (C=O) groups excluding carboxylic acids is 7. The Hall–Kier alpha value is -7.64. The number of amides is 4. The number of aliphatic carboxylic acids is 1. The Kier molecular flexibility index (Phi) is 16.7. The maximum atomic E-state index is 15.2. The lowest BCUT2D eigenvalue weighted by Gasteiger charge is -2.29. The van der Waals surface area contributed by atoms with Crippen molar-refractivity contribution in [2.45, 2.75) is 129 Å². The van der Waals surface area contributed by atoms with Gasteiger partial charge in [0.25, 0.3) is 11.8 Å². The van der Waals surface area contributed by atoms with Gasteiger partial charge in [-0.25, -0.2) is 19.2 Å². The summed E-state index contributed by atoms with van der Waals surface area (Å²) in [6.07, 6.45) is 3.45. The number of alkyl carbamates (subject to hydrolysis) is 2. The van der Waals surface area contributed by atoms with Gasteiger partial charge in [-0.05, 0) is 122 Å². The number of fused-ring (bicyclic) bond motifs is 6. The van der Waals surface area contributed by atoms with Crippen molar-refractivity contribution < 1.29 is 75.2 Å². The molecule has 20 heteroatoms. The third-order valence-electron chi connectivity index (χ3n) is 16.5. The van der Waals surface area contributed by atoms with Crippen molar-refractivity contribution in [3.63, 3.8) is 0 Å². The Labute approximate surface area is 467 Å². The van der Waals surface area contributed by atoms with Crippen molar-refractivity contribution in [3.8, 4) is 22.3 Å². The van der Waals surface area contributed by atoms with Crippen LogP contribution in [0.4, 0.5) is 27.2 Å². The molecule has 4 fully saturated rings. The van der Waals surface area contributed by atoms with E-state index in [1.54, 1.807) is 78.8 Å². The number of Topliss-reactive ketones (excluding diaryl/α,β-unsaturated/α-hetero) is 2. The van der Waals surface area contributed by atoms with Gasteiger partial charge in [-0.15, -0.1) is 0 Å². The number of benzene rings is 4. The molecular formula is C61H68F4N4O12. The Morgan fingerprint density at radius 1 is 0.580 bits per heavy atom. The highest BCUT2D eigenvalue weighted by Gasteiger charge is 2.58. The standard InChI is InChI=1S/C30H32F2N2O6.C17H14F2O.C14H22N2O5/c1-16(2)25(33-28(38)39-4)26(36)34-15-29(9-10-29)13-23(34)27(37)40-14-24(35)18-6-8-20-19-7-5-17(3)11-21(19)30(31,32)22(20)12-18;1-3-16(20)11-5-7-13-12-6-4-10(2)8-14(12)17(18,19)15(13)9-11;1-8(2)10(15-13(20)21-3)11(17)16-7-14(4-5-14)6-9(16)12(18)19/h5-8,11-12,16,23,25H,9-10,13-15H2,1-4H3,(H,33,38);4-9H,3H2,1-2H3;8-10H,4-7H2,1-3H3,(H,15,20)(H,18,19)/t23-,25-;;9-,10?/m0.0/s1. The maximum Gasteiger partial charge on any atom is 0.407 e. The topological polar surface area (TPSA) is 215 Å². The molecule has 432 valence electrons. The number of carbonyl (C=O) groups is 8. The summed E-state index contributed by atoms with van der Waals surface area (Å²) in [7, 11) is 2.43. The van der Waals surface area contributed by atoms with Crippen LogP contribution in [0, 0.1) is 36.5 Å². The highest BCUT2D eigenvalue weighted by atomic mass is 19.3. The summed E-state index contributed by atoms with van der Waals surface area (Å²) in [6.45, 7) is 12.6. The molecule has 2 saturated heterocycles. The SMILES string of the molecule is CCC(=O)c1ccc2c(c1)C(F)(F)c1cc(C)ccc1-2.COC(=O)NC(C(=O)N1CC2(CC2)C[C@H]1C(=O)O)C(C)C.COC(=O)N[C@H](C(=O)N1CC2(CC2)C[C@H]1C(=O)OCC(=O)c1ccc2c(c1)C(F)(F)c1cc(C)ccc1-2)C(C)C. The molecule has 16 nitrogen and oxygen atoms in total. The van der Waals surface area contributed by atoms with E-state index in [1.807, 2.05) is 6.07 Å². The minimum Gasteiger partial charge on any atom is -0.480 e. The van der Waals surface area contributed by atoms with Crippen LogP contribution >= 0.6 is 0 Å². The number of methoxy groups -OCH3 is 2. The number of alkyl halides is 4. The molecular weight excluding hydrogens is 1060 g/mol. The van der Waals surface area contributed by atoms with Gasteiger partial charge >= 0.3 is 24.1 Å². The zero-order chi connectivity index (χ0) is 59.3. The molecule has 2 aliphatic heterocycles. The van der Waals surface area contributed by atoms with E-state index in [1.165, 1.54) is 54.4 Å². The van der Waals surface area contributed by atoms with E-state index in [4.69, 9.17) is 4.74 Å². The van der Waals surface area contributed by atoms with Gasteiger partial charge in [0.2, 0.25) is 11.8 Å². The number of ether oxygens (including phenoxy) is 3. The van der Waals surface area contributed by atoms with Gasteiger partial charge in [-0.1, -0.05) is 94.3 Å². The molecule has 4 atom stereocenters. The van der Waals surface area contributed by atoms with Gasteiger partial charge in [-0.3, -0.25) is 19.2 Å². The summed E-state index contributed by atoms with van der Waals surface area (Å²) in [5.41, 5.74) is 3.21. The first-order valence-corrected chi connectivity index (χ1v) is 27.1. The van der Waals surface area contributed by atoms with Crippen LogP contribution in [-0.4, -0.2) is 120 Å². The molecule has 2 spiro atoms. The molecule has 0 aromatic heterocycles. The fraction of sp³-hybridized carbons (Fsp3) is 0.475. The zero-order valence-electron chi connectivity index (χ0n) is 46.8. The van der Waals surface area contributed by atoms with Gasteiger partial charge in [0.15, 0.2) is 18.2 Å². The number of halogens is 4. The zero-order valence-corrected chi connectivity index (χ0v) is 46.8. The van der Waals surface area contributed by atoms with E-state index >= 15 is 8.78 Å². The summed E-state index contributed by atoms with van der Waals surface area (Å²) < 4.78 is 74.1. The third kappa shape index (κ3) is 11.9. The molecule has 2 saturated carbocycles. The number of likely N-dealkylation sites (tertiary alicyclic amines) is 2. The normalized spacial score (nSPS) is 19.8. The number of carboxylic acid groups (broad SMARTS) is 1. The van der Waals surface area contributed by atoms with E-state index in [0.717, 1.165) is 37.3 Å². The van der Waals surface area contributed by atoms with Gasteiger partial charge in [-0.2, -0.15) is 17.6 Å². The van der Waals surface area contributed by atoms with Crippen LogP contribution in [0.3, 0.4) is 0 Å². The van der Waals surface area contributed by atoms with E-state index in [2.05, 4.69) is 20.1 Å². The fourth-order valence-corrected chi connectivity index (χ4v) is 11.4. The predicted molar refractivity (Wildman–Crippen MR) is 289 cm³/mol. The second-order valence-corrected chi connectivity index (χ2v) is 23.0. The van der Waals surface area contributed by atoms with Crippen LogP contribution in [0.25, 0.3) is 22.3 Å². The summed E-state index contributed by atoms with van der Waals surface area (Å²) >= 11 is 0. The Balaban J connectivity index is 0.000000176. The monoisotopic (exact) mass is 1120 g/mol. The van der Waals surface area contributed by atoms with Gasteiger partial charge in [0.05, 0.1) is 14.2 Å². The van der Waals surface area contributed by atoms with Gasteiger partial charge in [0, 0.05) is 52.9 Å². The second-order valence-electron chi connectivity index (χ2n) is 23.0. The Morgan fingerprint density at radius 2 is 0.951 bits per heavy atom. The minimum absolute atomic E-state index is 0.00842. The van der Waals surface area contributed by atoms with Crippen molar-refractivity contribution in [2.24, 2.45) is 22.7 Å². The van der Waals surface area contributed by atoms with Crippen LogP contribution in [0.1, 0.15) is 134 Å². The van der Waals surface area contributed by atoms with Gasteiger partial charge in [0.1, 0.15) is 24.2 Å². The molecule has 4 aromatic rings.